The monoisotopic (exact) mass is 355 g/mol. The molecule has 2 heterocycles. The fourth-order valence-corrected chi connectivity index (χ4v) is 4.86. The van der Waals surface area contributed by atoms with Gasteiger partial charge in [-0.15, -0.1) is 12.4 Å². The number of sulfone groups is 1. The van der Waals surface area contributed by atoms with Crippen molar-refractivity contribution >= 4 is 33.0 Å². The predicted octanol–water partition coefficient (Wildman–Crippen LogP) is 2.04. The van der Waals surface area contributed by atoms with Crippen molar-refractivity contribution < 1.29 is 8.42 Å². The maximum Gasteiger partial charge on any atom is 0.198 e. The van der Waals surface area contributed by atoms with E-state index in [4.69, 9.17) is 0 Å². The number of nitrogens with one attached hydrogen (secondary N) is 2. The molecule has 1 aliphatic heterocycles. The number of halogens is 1. The van der Waals surface area contributed by atoms with Crippen LogP contribution < -0.4 is 10.6 Å². The highest BCUT2D eigenvalue weighted by Gasteiger charge is 2.41. The molecule has 3 rings (SSSR count). The molecule has 2 N–H and O–H groups in total. The molecule has 0 aliphatic carbocycles. The van der Waals surface area contributed by atoms with Crippen LogP contribution >= 0.6 is 12.4 Å². The molecule has 0 radical (unpaired) electrons. The van der Waals surface area contributed by atoms with Crippen LogP contribution in [0.4, 0.5) is 0 Å². The number of pyridine rings is 1. The van der Waals surface area contributed by atoms with Gasteiger partial charge in [-0.3, -0.25) is 10.3 Å². The highest BCUT2D eigenvalue weighted by Crippen LogP contribution is 2.31. The SMILES string of the molecule is Cc1cncc2cccc(S(=O)(=O)[C@]3(C)CNCCCN3)c12.Cl. The van der Waals surface area contributed by atoms with Gasteiger partial charge in [0.2, 0.25) is 0 Å². The van der Waals surface area contributed by atoms with Crippen LogP contribution in [0, 0.1) is 6.92 Å². The summed E-state index contributed by atoms with van der Waals surface area (Å²) in [6.07, 6.45) is 4.34. The van der Waals surface area contributed by atoms with Gasteiger partial charge in [-0.1, -0.05) is 12.1 Å². The zero-order valence-corrected chi connectivity index (χ0v) is 14.9. The van der Waals surface area contributed by atoms with Gasteiger partial charge in [0, 0.05) is 29.7 Å². The van der Waals surface area contributed by atoms with E-state index in [1.165, 1.54) is 0 Å². The molecule has 0 bridgehead atoms. The van der Waals surface area contributed by atoms with Crippen LogP contribution in [0.15, 0.2) is 35.5 Å². The Hall–Kier alpha value is -1.21. The highest BCUT2D eigenvalue weighted by atomic mass is 35.5. The maximum atomic E-state index is 13.3. The average molecular weight is 356 g/mol. The third kappa shape index (κ3) is 3.08. The Labute approximate surface area is 143 Å². The largest absolute Gasteiger partial charge is 0.314 e. The molecule has 1 fully saturated rings. The smallest absolute Gasteiger partial charge is 0.198 e. The van der Waals surface area contributed by atoms with Crippen molar-refractivity contribution in [2.75, 3.05) is 19.6 Å². The third-order valence-electron chi connectivity index (χ3n) is 4.31. The number of aryl methyl sites for hydroxylation is 1. The lowest BCUT2D eigenvalue weighted by molar-refractivity contribution is 0.462. The second-order valence-corrected chi connectivity index (χ2v) is 8.35. The van der Waals surface area contributed by atoms with E-state index in [1.807, 2.05) is 13.0 Å². The Balaban J connectivity index is 0.00000192. The van der Waals surface area contributed by atoms with Gasteiger partial charge in [0.15, 0.2) is 9.84 Å². The Morgan fingerprint density at radius 3 is 2.78 bits per heavy atom. The molecule has 1 aromatic heterocycles. The Bertz CT molecular complexity index is 795. The van der Waals surface area contributed by atoms with Crippen molar-refractivity contribution in [3.8, 4) is 0 Å². The zero-order valence-electron chi connectivity index (χ0n) is 13.3. The number of aromatic nitrogens is 1. The first-order valence-corrected chi connectivity index (χ1v) is 8.98. The summed E-state index contributed by atoms with van der Waals surface area (Å²) in [4.78, 5) is 3.53. The van der Waals surface area contributed by atoms with Crippen molar-refractivity contribution in [3.05, 3.63) is 36.2 Å². The number of nitrogens with zero attached hydrogens (tertiary/aromatic N) is 1. The van der Waals surface area contributed by atoms with E-state index in [0.717, 1.165) is 29.3 Å². The van der Waals surface area contributed by atoms with Crippen LogP contribution in [0.3, 0.4) is 0 Å². The third-order valence-corrected chi connectivity index (χ3v) is 6.70. The van der Waals surface area contributed by atoms with E-state index in [1.54, 1.807) is 31.5 Å². The van der Waals surface area contributed by atoms with Gasteiger partial charge in [-0.2, -0.15) is 0 Å². The first-order valence-electron chi connectivity index (χ1n) is 7.49. The molecule has 126 valence electrons. The molecule has 1 aliphatic rings. The predicted molar refractivity (Wildman–Crippen MR) is 94.8 cm³/mol. The van der Waals surface area contributed by atoms with Gasteiger partial charge < -0.3 is 5.32 Å². The Morgan fingerprint density at radius 1 is 1.22 bits per heavy atom. The van der Waals surface area contributed by atoms with Crippen LogP contribution in [0.5, 0.6) is 0 Å². The minimum Gasteiger partial charge on any atom is -0.314 e. The van der Waals surface area contributed by atoms with Crippen molar-refractivity contribution in [1.82, 2.24) is 15.6 Å². The molecule has 5 nitrogen and oxygen atoms in total. The van der Waals surface area contributed by atoms with Crippen LogP contribution in [0.2, 0.25) is 0 Å². The quantitative estimate of drug-likeness (QED) is 0.862. The van der Waals surface area contributed by atoms with E-state index < -0.39 is 14.7 Å². The minimum atomic E-state index is -3.54. The number of hydrogen-bond acceptors (Lipinski definition) is 5. The summed E-state index contributed by atoms with van der Waals surface area (Å²) in [5, 5.41) is 8.06. The minimum absolute atomic E-state index is 0. The summed E-state index contributed by atoms with van der Waals surface area (Å²) >= 11 is 0. The summed E-state index contributed by atoms with van der Waals surface area (Å²) in [6, 6.07) is 5.38. The van der Waals surface area contributed by atoms with Gasteiger partial charge in [0.1, 0.15) is 4.87 Å². The topological polar surface area (TPSA) is 71.1 Å². The van der Waals surface area contributed by atoms with Crippen molar-refractivity contribution in [2.24, 2.45) is 0 Å². The van der Waals surface area contributed by atoms with Crippen molar-refractivity contribution in [3.63, 3.8) is 0 Å². The molecule has 2 aromatic rings. The summed E-state index contributed by atoms with van der Waals surface area (Å²) in [7, 11) is -3.54. The molecule has 1 aromatic carbocycles. The van der Waals surface area contributed by atoms with Crippen LogP contribution in [-0.4, -0.2) is 37.9 Å². The van der Waals surface area contributed by atoms with Gasteiger partial charge in [0.05, 0.1) is 4.90 Å². The van der Waals surface area contributed by atoms with Gasteiger partial charge in [0.25, 0.3) is 0 Å². The summed E-state index contributed by atoms with van der Waals surface area (Å²) in [5.74, 6) is 0. The Kier molecular flexibility index (Phi) is 5.30. The molecular weight excluding hydrogens is 334 g/mol. The summed E-state index contributed by atoms with van der Waals surface area (Å²) in [5.41, 5.74) is 0.877. The van der Waals surface area contributed by atoms with Gasteiger partial charge >= 0.3 is 0 Å². The molecule has 0 unspecified atom stereocenters. The van der Waals surface area contributed by atoms with E-state index in [2.05, 4.69) is 15.6 Å². The first kappa shape index (κ1) is 18.1. The molecular formula is C16H22ClN3O2S. The number of rotatable bonds is 2. The highest BCUT2D eigenvalue weighted by molar-refractivity contribution is 7.93. The van der Waals surface area contributed by atoms with Crippen LogP contribution in [0.25, 0.3) is 10.8 Å². The average Bonchev–Trinajstić information content (AvgIpc) is 2.73. The first-order chi connectivity index (χ1) is 10.5. The lowest BCUT2D eigenvalue weighted by Crippen LogP contribution is -2.54. The molecule has 0 spiro atoms. The van der Waals surface area contributed by atoms with Gasteiger partial charge in [-0.25, -0.2) is 8.42 Å². The second kappa shape index (κ2) is 6.73. The maximum absolute atomic E-state index is 13.3. The Morgan fingerprint density at radius 2 is 2.00 bits per heavy atom. The molecule has 0 saturated carbocycles. The number of benzene rings is 1. The summed E-state index contributed by atoms with van der Waals surface area (Å²) in [6.45, 7) is 5.58. The van der Waals surface area contributed by atoms with Gasteiger partial charge in [-0.05, 0) is 45.0 Å². The normalized spacial score (nSPS) is 22.3. The molecule has 1 atom stereocenters. The second-order valence-electron chi connectivity index (χ2n) is 6.00. The fraction of sp³-hybridized carbons (Fsp3) is 0.438. The lowest BCUT2D eigenvalue weighted by atomic mass is 10.1. The lowest BCUT2D eigenvalue weighted by Gasteiger charge is -2.29. The fourth-order valence-electron chi connectivity index (χ4n) is 2.98. The standard InChI is InChI=1S/C16H21N3O2S.ClH/c1-12-9-18-10-13-5-3-6-14(15(12)13)22(20,21)16(2)11-17-7-4-8-19-16;/h3,5-6,9-10,17,19H,4,7-8,11H2,1-2H3;1H/t16-;/m1./s1. The summed E-state index contributed by atoms with van der Waals surface area (Å²) < 4.78 is 26.6. The van der Waals surface area contributed by atoms with E-state index in [-0.39, 0.29) is 12.4 Å². The van der Waals surface area contributed by atoms with E-state index in [9.17, 15) is 8.42 Å². The van der Waals surface area contributed by atoms with Crippen LogP contribution in [0.1, 0.15) is 18.9 Å². The molecule has 0 amide bonds. The molecule has 1 saturated heterocycles. The zero-order chi connectivity index (χ0) is 15.8. The molecule has 23 heavy (non-hydrogen) atoms. The number of fused-ring (bicyclic) bond motifs is 1. The van der Waals surface area contributed by atoms with E-state index in [0.29, 0.717) is 18.0 Å². The van der Waals surface area contributed by atoms with Crippen molar-refractivity contribution in [1.29, 1.82) is 0 Å². The van der Waals surface area contributed by atoms with Crippen molar-refractivity contribution in [2.45, 2.75) is 30.0 Å². The van der Waals surface area contributed by atoms with Crippen LogP contribution in [-0.2, 0) is 9.84 Å². The van der Waals surface area contributed by atoms with E-state index >= 15 is 0 Å². The number of hydrogen-bond donors (Lipinski definition) is 2. The molecule has 7 heteroatoms.